The maximum Gasteiger partial charge on any atom is 1.00 e. The SMILES string of the molecule is O.O=S(=O)(O)C(F)(F)F.O=S(=O)(O)C(F)(F)F.O=S(=O)([O-])C(F)(F)F.[Li+]. The van der Waals surface area contributed by atoms with Crippen LogP contribution in [0.15, 0.2) is 0 Å². The van der Waals surface area contributed by atoms with Gasteiger partial charge in [-0.15, -0.1) is 0 Å². The van der Waals surface area contributed by atoms with Crippen molar-refractivity contribution in [2.24, 2.45) is 0 Å². The molecule has 0 saturated heterocycles. The predicted octanol–water partition coefficient (Wildman–Crippen LogP) is -2.98. The first-order valence-electron chi connectivity index (χ1n) is 3.85. The molecule has 0 amide bonds. The average molecular weight is 474 g/mol. The summed E-state index contributed by atoms with van der Waals surface area (Å²) in [6.07, 6.45) is 0. The molecule has 26 heavy (non-hydrogen) atoms. The van der Waals surface area contributed by atoms with Crippen LogP contribution in [0.5, 0.6) is 0 Å². The normalized spacial score (nSPS) is 12.9. The second kappa shape index (κ2) is 10.9. The van der Waals surface area contributed by atoms with Crippen LogP contribution in [0.4, 0.5) is 39.5 Å². The zero-order valence-corrected chi connectivity index (χ0v) is 13.8. The van der Waals surface area contributed by atoms with Gasteiger partial charge in [0.25, 0.3) is 0 Å². The molecule has 0 unspecified atom stereocenters. The van der Waals surface area contributed by atoms with Crippen molar-refractivity contribution >= 4 is 30.4 Å². The molecule has 0 spiro atoms. The van der Waals surface area contributed by atoms with E-state index in [-0.39, 0.29) is 24.3 Å². The Balaban J connectivity index is -0.0000000817. The molecule has 0 atom stereocenters. The van der Waals surface area contributed by atoms with E-state index in [1.165, 1.54) is 0 Å². The summed E-state index contributed by atoms with van der Waals surface area (Å²) < 4.78 is 174. The van der Waals surface area contributed by atoms with Crippen molar-refractivity contribution in [2.45, 2.75) is 16.5 Å². The Bertz CT molecular complexity index is 598. The largest absolute Gasteiger partial charge is 1.00 e. The minimum atomic E-state index is -6.09. The van der Waals surface area contributed by atoms with Crippen LogP contribution in [-0.4, -0.2) is 60.9 Å². The Morgan fingerprint density at radius 3 is 0.654 bits per heavy atom. The molecule has 0 aliphatic carbocycles. The minimum absolute atomic E-state index is 0. The molecule has 23 heteroatoms. The molecular formula is C3H4F9LiO10S3. The minimum Gasteiger partial charge on any atom is -0.741 e. The van der Waals surface area contributed by atoms with E-state index in [0.717, 1.165) is 0 Å². The van der Waals surface area contributed by atoms with E-state index in [2.05, 4.69) is 0 Å². The fraction of sp³-hybridized carbons (Fsp3) is 1.00. The van der Waals surface area contributed by atoms with Gasteiger partial charge < -0.3 is 10.0 Å². The van der Waals surface area contributed by atoms with Gasteiger partial charge in [0.2, 0.25) is 0 Å². The second-order valence-electron chi connectivity index (χ2n) is 2.74. The summed E-state index contributed by atoms with van der Waals surface area (Å²) >= 11 is 0. The van der Waals surface area contributed by atoms with Crippen molar-refractivity contribution in [1.29, 1.82) is 0 Å². The molecule has 0 radical (unpaired) electrons. The van der Waals surface area contributed by atoms with Crippen LogP contribution in [0.25, 0.3) is 0 Å². The van der Waals surface area contributed by atoms with E-state index < -0.39 is 46.9 Å². The fourth-order valence-corrected chi connectivity index (χ4v) is 0. The first-order valence-corrected chi connectivity index (χ1v) is 8.13. The maximum atomic E-state index is 10.7. The summed E-state index contributed by atoms with van der Waals surface area (Å²) in [5.41, 5.74) is -16.7. The molecule has 4 N–H and O–H groups in total. The Morgan fingerprint density at radius 1 is 0.577 bits per heavy atom. The van der Waals surface area contributed by atoms with Gasteiger partial charge in [0.15, 0.2) is 10.1 Å². The van der Waals surface area contributed by atoms with Gasteiger partial charge in [-0.2, -0.15) is 56.3 Å². The van der Waals surface area contributed by atoms with Crippen LogP contribution in [0.1, 0.15) is 0 Å². The van der Waals surface area contributed by atoms with Gasteiger partial charge in [-0.05, 0) is 0 Å². The molecule has 0 saturated carbocycles. The summed E-state index contributed by atoms with van der Waals surface area (Å²) in [7, 11) is -17.8. The molecule has 0 aromatic heterocycles. The van der Waals surface area contributed by atoms with Gasteiger partial charge in [-0.1, -0.05) is 0 Å². The number of hydrogen-bond acceptors (Lipinski definition) is 7. The molecule has 10 nitrogen and oxygen atoms in total. The Morgan fingerprint density at radius 2 is 0.654 bits per heavy atom. The third kappa shape index (κ3) is 17.1. The molecular weight excluding hydrogens is 470 g/mol. The van der Waals surface area contributed by atoms with Crippen LogP contribution in [0.2, 0.25) is 0 Å². The summed E-state index contributed by atoms with van der Waals surface area (Å²) in [4.78, 5) is 0. The third-order valence-electron chi connectivity index (χ3n) is 0.868. The van der Waals surface area contributed by atoms with Crippen LogP contribution in [0.3, 0.4) is 0 Å². The van der Waals surface area contributed by atoms with Crippen molar-refractivity contribution in [1.82, 2.24) is 0 Å². The van der Waals surface area contributed by atoms with Crippen LogP contribution < -0.4 is 18.9 Å². The molecule has 0 rings (SSSR count). The summed E-state index contributed by atoms with van der Waals surface area (Å²) in [5, 5.41) is 0. The fourth-order valence-electron chi connectivity index (χ4n) is 0. The van der Waals surface area contributed by atoms with Crippen LogP contribution in [-0.2, 0) is 30.4 Å². The maximum absolute atomic E-state index is 10.7. The van der Waals surface area contributed by atoms with Gasteiger partial charge in [0.05, 0.1) is 0 Å². The standard InChI is InChI=1S/3CHF3O3S.Li.H2O/c3*2-1(3,4)8(5,6)7;;/h3*(H,5,6,7);;1H2/q;;;+1;/p-1. The van der Waals surface area contributed by atoms with Gasteiger partial charge in [0.1, 0.15) is 0 Å². The molecule has 0 aromatic rings. The Labute approximate surface area is 150 Å². The Hall–Kier alpha value is -0.343. The summed E-state index contributed by atoms with van der Waals surface area (Å²) in [5.74, 6) is 0. The quantitative estimate of drug-likeness (QED) is 0.159. The van der Waals surface area contributed by atoms with Crippen LogP contribution >= 0.6 is 0 Å². The topological polar surface area (TPSA) is 197 Å². The molecule has 0 heterocycles. The number of rotatable bonds is 0. The summed E-state index contributed by atoms with van der Waals surface area (Å²) in [6, 6.07) is 0. The van der Waals surface area contributed by atoms with Crippen molar-refractivity contribution in [3.63, 3.8) is 0 Å². The molecule has 0 bridgehead atoms. The molecule has 0 aliphatic rings. The zero-order valence-electron chi connectivity index (χ0n) is 11.4. The van der Waals surface area contributed by atoms with Gasteiger partial charge >= 0.3 is 55.6 Å². The average Bonchev–Trinajstić information content (AvgIpc) is 2.08. The molecule has 0 fully saturated rings. The van der Waals surface area contributed by atoms with E-state index in [1.54, 1.807) is 0 Å². The third-order valence-corrected chi connectivity index (χ3v) is 2.61. The number of alkyl halides is 9. The first-order chi connectivity index (χ1) is 9.75. The van der Waals surface area contributed by atoms with E-state index in [0.29, 0.717) is 0 Å². The molecule has 0 aliphatic heterocycles. The van der Waals surface area contributed by atoms with E-state index in [1.807, 2.05) is 0 Å². The van der Waals surface area contributed by atoms with Crippen molar-refractivity contribution in [3.8, 4) is 0 Å². The smallest absolute Gasteiger partial charge is 0.741 e. The Kier molecular flexibility index (Phi) is 15.3. The number of halogens is 9. The predicted molar refractivity (Wildman–Crippen MR) is 54.6 cm³/mol. The van der Waals surface area contributed by atoms with Crippen molar-refractivity contribution < 1.29 is 103 Å². The van der Waals surface area contributed by atoms with Crippen molar-refractivity contribution in [3.05, 3.63) is 0 Å². The van der Waals surface area contributed by atoms with E-state index >= 15 is 0 Å². The number of hydrogen-bond donors (Lipinski definition) is 2. The molecule has 0 aromatic carbocycles. The first kappa shape index (κ1) is 36.6. The summed E-state index contributed by atoms with van der Waals surface area (Å²) in [6.45, 7) is 0. The van der Waals surface area contributed by atoms with Gasteiger partial charge in [0, 0.05) is 0 Å². The van der Waals surface area contributed by atoms with Gasteiger partial charge in [-0.25, -0.2) is 8.42 Å². The van der Waals surface area contributed by atoms with E-state index in [9.17, 15) is 39.5 Å². The van der Waals surface area contributed by atoms with Crippen molar-refractivity contribution in [2.75, 3.05) is 0 Å². The van der Waals surface area contributed by atoms with Crippen LogP contribution in [0, 0.1) is 0 Å². The monoisotopic (exact) mass is 474 g/mol. The second-order valence-corrected chi connectivity index (χ2v) is 6.94. The van der Waals surface area contributed by atoms with E-state index in [4.69, 9.17) is 38.9 Å². The van der Waals surface area contributed by atoms with Gasteiger partial charge in [-0.3, -0.25) is 9.11 Å². The molecule has 158 valence electrons. The zero-order chi connectivity index (χ0) is 21.0.